The Hall–Kier alpha value is -1.51. The van der Waals surface area contributed by atoms with Gasteiger partial charge in [0.2, 0.25) is 0 Å². The standard InChI is InChI=1S/C10H14O2.C10H22.C4H10.C3H6O/c1-4-8-5-6-9(11-2)7-10(8)12-3;1-4-6-8-10(3)9-7-5-2;1-4(2)3;1-3(2)4/h5-7H,4H2,1-3H3;10H,4-9H2,1-3H3;4H,1-3H3;1-2H3. The van der Waals surface area contributed by atoms with Crippen LogP contribution in [0.4, 0.5) is 0 Å². The molecule has 1 aromatic carbocycles. The first-order valence-corrected chi connectivity index (χ1v) is 11.8. The number of carbonyl (C=O) groups is 1. The maximum Gasteiger partial charge on any atom is 0.126 e. The lowest BCUT2D eigenvalue weighted by atomic mass is 9.98. The van der Waals surface area contributed by atoms with Crippen molar-refractivity contribution in [1.29, 1.82) is 0 Å². The number of methoxy groups -OCH3 is 2. The van der Waals surface area contributed by atoms with Crippen LogP contribution in [-0.2, 0) is 11.2 Å². The molecule has 3 heteroatoms. The van der Waals surface area contributed by atoms with Gasteiger partial charge in [-0.3, -0.25) is 0 Å². The average molecular weight is 425 g/mol. The van der Waals surface area contributed by atoms with Gasteiger partial charge < -0.3 is 14.3 Å². The molecule has 0 heterocycles. The van der Waals surface area contributed by atoms with Gasteiger partial charge in [-0.05, 0) is 43.7 Å². The molecule has 30 heavy (non-hydrogen) atoms. The number of carbonyl (C=O) groups excluding carboxylic acids is 1. The molecule has 1 aromatic rings. The van der Waals surface area contributed by atoms with Gasteiger partial charge in [-0.1, -0.05) is 93.1 Å². The van der Waals surface area contributed by atoms with Crippen LogP contribution in [0.3, 0.4) is 0 Å². The lowest BCUT2D eigenvalue weighted by Crippen LogP contribution is -1.93. The first kappa shape index (κ1) is 33.1. The predicted molar refractivity (Wildman–Crippen MR) is 134 cm³/mol. The summed E-state index contributed by atoms with van der Waals surface area (Å²) in [7, 11) is 3.33. The van der Waals surface area contributed by atoms with Crippen LogP contribution in [0.25, 0.3) is 0 Å². The zero-order chi connectivity index (χ0) is 23.9. The summed E-state index contributed by atoms with van der Waals surface area (Å²) in [6.07, 6.45) is 9.42. The topological polar surface area (TPSA) is 35.5 Å². The fourth-order valence-electron chi connectivity index (χ4n) is 2.39. The molecule has 0 aliphatic carbocycles. The minimum atomic E-state index is 0.167. The molecule has 0 aliphatic heterocycles. The number of rotatable bonds is 9. The Labute approximate surface area is 189 Å². The number of benzene rings is 1. The van der Waals surface area contributed by atoms with Crippen LogP contribution < -0.4 is 9.47 Å². The molecule has 0 saturated carbocycles. The van der Waals surface area contributed by atoms with E-state index in [0.717, 1.165) is 29.8 Å². The summed E-state index contributed by atoms with van der Waals surface area (Å²) in [6, 6.07) is 5.87. The lowest BCUT2D eigenvalue weighted by Gasteiger charge is -2.08. The minimum absolute atomic E-state index is 0.167. The Bertz CT molecular complexity index is 480. The largest absolute Gasteiger partial charge is 0.497 e. The van der Waals surface area contributed by atoms with Crippen molar-refractivity contribution >= 4 is 5.78 Å². The first-order chi connectivity index (χ1) is 14.1. The van der Waals surface area contributed by atoms with Crippen LogP contribution in [0.2, 0.25) is 0 Å². The highest BCUT2D eigenvalue weighted by atomic mass is 16.5. The van der Waals surface area contributed by atoms with Crippen molar-refractivity contribution in [3.05, 3.63) is 23.8 Å². The third-order valence-electron chi connectivity index (χ3n) is 3.98. The van der Waals surface area contributed by atoms with Crippen molar-refractivity contribution in [3.8, 4) is 11.5 Å². The molecule has 0 saturated heterocycles. The van der Waals surface area contributed by atoms with Crippen LogP contribution in [0.1, 0.15) is 106 Å². The molecular weight excluding hydrogens is 372 g/mol. The molecule has 0 aromatic heterocycles. The van der Waals surface area contributed by atoms with Crippen molar-refractivity contribution < 1.29 is 14.3 Å². The van der Waals surface area contributed by atoms with Crippen molar-refractivity contribution in [1.82, 2.24) is 0 Å². The zero-order valence-electron chi connectivity index (χ0n) is 22.1. The number of aryl methyl sites for hydroxylation is 1. The van der Waals surface area contributed by atoms with Crippen LogP contribution in [0, 0.1) is 11.8 Å². The maximum absolute atomic E-state index is 9.44. The van der Waals surface area contributed by atoms with Gasteiger partial charge in [0.25, 0.3) is 0 Å². The van der Waals surface area contributed by atoms with E-state index in [2.05, 4.69) is 48.5 Å². The van der Waals surface area contributed by atoms with E-state index in [1.54, 1.807) is 14.2 Å². The van der Waals surface area contributed by atoms with Crippen molar-refractivity contribution in [2.45, 2.75) is 107 Å². The third kappa shape index (κ3) is 26.5. The molecule has 0 bridgehead atoms. The Kier molecular flexibility index (Phi) is 26.3. The summed E-state index contributed by atoms with van der Waals surface area (Å²) >= 11 is 0. The molecule has 178 valence electrons. The van der Waals surface area contributed by atoms with Gasteiger partial charge in [0.15, 0.2) is 0 Å². The van der Waals surface area contributed by atoms with Gasteiger partial charge in [0.1, 0.15) is 17.3 Å². The minimum Gasteiger partial charge on any atom is -0.497 e. The Morgan fingerprint density at radius 3 is 1.60 bits per heavy atom. The van der Waals surface area contributed by atoms with E-state index >= 15 is 0 Å². The highest BCUT2D eigenvalue weighted by Crippen LogP contribution is 2.24. The normalized spacial score (nSPS) is 9.50. The molecule has 0 unspecified atom stereocenters. The van der Waals surface area contributed by atoms with Crippen LogP contribution >= 0.6 is 0 Å². The van der Waals surface area contributed by atoms with Gasteiger partial charge in [-0.2, -0.15) is 0 Å². The van der Waals surface area contributed by atoms with E-state index in [-0.39, 0.29) is 5.78 Å². The molecule has 0 spiro atoms. The van der Waals surface area contributed by atoms with E-state index in [1.165, 1.54) is 57.9 Å². The summed E-state index contributed by atoms with van der Waals surface area (Å²) in [5.41, 5.74) is 1.21. The number of ether oxygens (including phenoxy) is 2. The third-order valence-corrected chi connectivity index (χ3v) is 3.98. The molecule has 0 fully saturated rings. The van der Waals surface area contributed by atoms with Crippen LogP contribution in [0.15, 0.2) is 18.2 Å². The van der Waals surface area contributed by atoms with Crippen LogP contribution in [-0.4, -0.2) is 20.0 Å². The summed E-state index contributed by atoms with van der Waals surface area (Å²) in [5.74, 6) is 3.71. The number of ketones is 1. The van der Waals surface area contributed by atoms with E-state index in [9.17, 15) is 4.79 Å². The van der Waals surface area contributed by atoms with Crippen molar-refractivity contribution in [2.24, 2.45) is 11.8 Å². The highest BCUT2D eigenvalue weighted by molar-refractivity contribution is 5.72. The number of hydrogen-bond acceptors (Lipinski definition) is 3. The van der Waals surface area contributed by atoms with Crippen molar-refractivity contribution in [2.75, 3.05) is 14.2 Å². The summed E-state index contributed by atoms with van der Waals surface area (Å²) in [4.78, 5) is 9.44. The van der Waals surface area contributed by atoms with Gasteiger partial charge in [0.05, 0.1) is 14.2 Å². The molecule has 0 radical (unpaired) electrons. The fraction of sp³-hybridized carbons (Fsp3) is 0.741. The second-order valence-electron chi connectivity index (χ2n) is 8.56. The smallest absolute Gasteiger partial charge is 0.126 e. The number of unbranched alkanes of at least 4 members (excludes halogenated alkanes) is 2. The van der Waals surface area contributed by atoms with Gasteiger partial charge in [-0.15, -0.1) is 0 Å². The van der Waals surface area contributed by atoms with Crippen LogP contribution in [0.5, 0.6) is 11.5 Å². The Morgan fingerprint density at radius 2 is 1.30 bits per heavy atom. The first-order valence-electron chi connectivity index (χ1n) is 11.8. The van der Waals surface area contributed by atoms with E-state index in [0.29, 0.717) is 0 Å². The SMILES string of the molecule is CC(C)=O.CC(C)C.CCCCC(C)CCCC.CCc1ccc(OC)cc1OC. The van der Waals surface area contributed by atoms with Crippen molar-refractivity contribution in [3.63, 3.8) is 0 Å². The second kappa shape index (κ2) is 23.8. The fourth-order valence-corrected chi connectivity index (χ4v) is 2.39. The highest BCUT2D eigenvalue weighted by Gasteiger charge is 2.01. The summed E-state index contributed by atoms with van der Waals surface area (Å²) in [5, 5.41) is 0. The monoisotopic (exact) mass is 424 g/mol. The quantitative estimate of drug-likeness (QED) is 0.398. The number of Topliss-reactive ketones (excluding diaryl/α,β-unsaturated/α-hetero) is 1. The Morgan fingerprint density at radius 1 is 0.867 bits per heavy atom. The van der Waals surface area contributed by atoms with Gasteiger partial charge >= 0.3 is 0 Å². The molecule has 0 aliphatic rings. The lowest BCUT2D eigenvalue weighted by molar-refractivity contribution is -0.114. The van der Waals surface area contributed by atoms with Gasteiger partial charge in [0, 0.05) is 6.07 Å². The van der Waals surface area contributed by atoms with Gasteiger partial charge in [-0.25, -0.2) is 0 Å². The van der Waals surface area contributed by atoms with E-state index in [1.807, 2.05) is 18.2 Å². The summed E-state index contributed by atoms with van der Waals surface area (Å²) < 4.78 is 10.3. The summed E-state index contributed by atoms with van der Waals surface area (Å²) in [6.45, 7) is 18.6. The second-order valence-corrected chi connectivity index (χ2v) is 8.56. The number of hydrogen-bond donors (Lipinski definition) is 0. The maximum atomic E-state index is 9.44. The zero-order valence-corrected chi connectivity index (χ0v) is 22.1. The molecule has 3 nitrogen and oxygen atoms in total. The van der Waals surface area contributed by atoms with E-state index < -0.39 is 0 Å². The van der Waals surface area contributed by atoms with E-state index in [4.69, 9.17) is 9.47 Å². The average Bonchev–Trinajstić information content (AvgIpc) is 2.69. The molecule has 0 atom stereocenters. The molecule has 0 N–H and O–H groups in total. The molecule has 1 rings (SSSR count). The molecular formula is C27H52O3. The Balaban J connectivity index is -0.000000364. The predicted octanol–water partition coefficient (Wildman–Crippen LogP) is 8.53. The molecule has 0 amide bonds.